The van der Waals surface area contributed by atoms with Crippen molar-refractivity contribution in [1.82, 2.24) is 10.2 Å². The van der Waals surface area contributed by atoms with Gasteiger partial charge in [-0.2, -0.15) is 0 Å². The number of urea groups is 1. The molecule has 0 aromatic carbocycles. The minimum absolute atomic E-state index is 0.109. The molecule has 3 unspecified atom stereocenters. The molecule has 2 heterocycles. The van der Waals surface area contributed by atoms with Crippen LogP contribution in [-0.4, -0.2) is 53.8 Å². The second kappa shape index (κ2) is 6.23. The van der Waals surface area contributed by atoms with Gasteiger partial charge in [0.1, 0.15) is 0 Å². The Morgan fingerprint density at radius 1 is 1.42 bits per heavy atom. The van der Waals surface area contributed by atoms with Crippen LogP contribution in [0, 0.1) is 5.92 Å². The molecule has 2 bridgehead atoms. The number of nitrogens with zero attached hydrogens (tertiary/aromatic N) is 1. The van der Waals surface area contributed by atoms with Crippen LogP contribution in [0.2, 0.25) is 0 Å². The van der Waals surface area contributed by atoms with Gasteiger partial charge in [-0.3, -0.25) is 4.79 Å². The molecule has 0 saturated carbocycles. The van der Waals surface area contributed by atoms with Crippen LogP contribution in [0.25, 0.3) is 0 Å². The number of carboxylic acid groups (broad SMARTS) is 1. The van der Waals surface area contributed by atoms with Gasteiger partial charge < -0.3 is 20.1 Å². The molecule has 0 aromatic rings. The fourth-order valence-corrected chi connectivity index (χ4v) is 3.18. The first kappa shape index (κ1) is 14.1. The number of rotatable bonds is 6. The average Bonchev–Trinajstić information content (AvgIpc) is 2.95. The van der Waals surface area contributed by atoms with Crippen LogP contribution in [0.1, 0.15) is 32.6 Å². The third-order valence-electron chi connectivity index (χ3n) is 4.03. The van der Waals surface area contributed by atoms with Gasteiger partial charge in [-0.15, -0.1) is 0 Å². The molecule has 0 radical (unpaired) electrons. The highest BCUT2D eigenvalue weighted by molar-refractivity contribution is 5.79. The Kier molecular flexibility index (Phi) is 4.63. The Bertz CT molecular complexity index is 348. The van der Waals surface area contributed by atoms with Crippen molar-refractivity contribution in [3.05, 3.63) is 0 Å². The molecule has 2 saturated heterocycles. The predicted molar refractivity (Wildman–Crippen MR) is 68.9 cm³/mol. The van der Waals surface area contributed by atoms with Crippen LogP contribution in [0.15, 0.2) is 0 Å². The summed E-state index contributed by atoms with van der Waals surface area (Å²) in [7, 11) is 0. The molecule has 2 aliphatic rings. The molecule has 108 valence electrons. The van der Waals surface area contributed by atoms with Crippen molar-refractivity contribution in [3.63, 3.8) is 0 Å². The predicted octanol–water partition coefficient (Wildman–Crippen LogP) is 1.06. The summed E-state index contributed by atoms with van der Waals surface area (Å²) >= 11 is 0. The lowest BCUT2D eigenvalue weighted by Crippen LogP contribution is -2.44. The first-order valence-corrected chi connectivity index (χ1v) is 7.01. The van der Waals surface area contributed by atoms with Crippen LogP contribution in [0.3, 0.4) is 0 Å². The molecular weight excluding hydrogens is 248 g/mol. The van der Waals surface area contributed by atoms with Crippen molar-refractivity contribution in [2.75, 3.05) is 19.8 Å². The topological polar surface area (TPSA) is 78.9 Å². The zero-order valence-electron chi connectivity index (χ0n) is 11.3. The summed E-state index contributed by atoms with van der Waals surface area (Å²) in [6.07, 6.45) is 3.13. The molecule has 0 aliphatic carbocycles. The zero-order valence-corrected chi connectivity index (χ0v) is 11.3. The standard InChI is InChI=1S/C13H22N2O4/c1-2-19-7-3-6-14-13(18)15-9-4-5-11(15)10(8-9)12(16)17/h9-11H,2-8H2,1H3,(H,14,18)(H,16,17). The molecule has 2 amide bonds. The number of hydrogen-bond acceptors (Lipinski definition) is 3. The maximum atomic E-state index is 12.1. The van der Waals surface area contributed by atoms with Crippen LogP contribution in [0.5, 0.6) is 0 Å². The number of aliphatic carboxylic acids is 1. The highest BCUT2D eigenvalue weighted by Crippen LogP contribution is 2.41. The molecular formula is C13H22N2O4. The van der Waals surface area contributed by atoms with Crippen molar-refractivity contribution in [3.8, 4) is 0 Å². The van der Waals surface area contributed by atoms with E-state index in [-0.39, 0.29) is 24.0 Å². The highest BCUT2D eigenvalue weighted by atomic mass is 16.5. The fraction of sp³-hybridized carbons (Fsp3) is 0.846. The van der Waals surface area contributed by atoms with E-state index in [9.17, 15) is 9.59 Å². The molecule has 6 heteroatoms. The number of fused-ring (bicyclic) bond motifs is 2. The molecule has 0 spiro atoms. The van der Waals surface area contributed by atoms with Crippen LogP contribution in [0.4, 0.5) is 4.79 Å². The lowest BCUT2D eigenvalue weighted by molar-refractivity contribution is -0.142. The van der Waals surface area contributed by atoms with Gasteiger partial charge in [-0.05, 0) is 32.6 Å². The highest BCUT2D eigenvalue weighted by Gasteiger charge is 2.51. The largest absolute Gasteiger partial charge is 0.481 e. The molecule has 3 atom stereocenters. The van der Waals surface area contributed by atoms with Crippen molar-refractivity contribution in [2.45, 2.75) is 44.7 Å². The Morgan fingerprint density at radius 2 is 2.21 bits per heavy atom. The van der Waals surface area contributed by atoms with Crippen molar-refractivity contribution < 1.29 is 19.4 Å². The van der Waals surface area contributed by atoms with Gasteiger partial charge in [0.25, 0.3) is 0 Å². The summed E-state index contributed by atoms with van der Waals surface area (Å²) in [5.74, 6) is -1.16. The van der Waals surface area contributed by atoms with Crippen molar-refractivity contribution in [2.24, 2.45) is 5.92 Å². The Labute approximate surface area is 113 Å². The summed E-state index contributed by atoms with van der Waals surface area (Å²) in [5, 5.41) is 12.0. The van der Waals surface area contributed by atoms with Gasteiger partial charge in [0, 0.05) is 31.8 Å². The zero-order chi connectivity index (χ0) is 13.8. The van der Waals surface area contributed by atoms with Gasteiger partial charge in [0.05, 0.1) is 5.92 Å². The summed E-state index contributed by atoms with van der Waals surface area (Å²) in [6.45, 7) is 3.84. The first-order valence-electron chi connectivity index (χ1n) is 7.01. The number of carbonyl (C=O) groups is 2. The first-order chi connectivity index (χ1) is 9.15. The summed E-state index contributed by atoms with van der Waals surface area (Å²) in [4.78, 5) is 25.0. The Hall–Kier alpha value is -1.30. The minimum Gasteiger partial charge on any atom is -0.481 e. The molecule has 19 heavy (non-hydrogen) atoms. The van der Waals surface area contributed by atoms with Gasteiger partial charge in [-0.1, -0.05) is 0 Å². The third-order valence-corrected chi connectivity index (χ3v) is 4.03. The average molecular weight is 270 g/mol. The maximum Gasteiger partial charge on any atom is 0.317 e. The van der Waals surface area contributed by atoms with E-state index >= 15 is 0 Å². The summed E-state index contributed by atoms with van der Waals surface area (Å²) in [5.41, 5.74) is 0. The van der Waals surface area contributed by atoms with E-state index in [0.717, 1.165) is 19.3 Å². The second-order valence-electron chi connectivity index (χ2n) is 5.17. The van der Waals surface area contributed by atoms with Gasteiger partial charge in [-0.25, -0.2) is 4.79 Å². The summed E-state index contributed by atoms with van der Waals surface area (Å²) in [6, 6.07) is -0.125. The van der Waals surface area contributed by atoms with E-state index in [1.165, 1.54) is 0 Å². The van der Waals surface area contributed by atoms with Crippen LogP contribution >= 0.6 is 0 Å². The van der Waals surface area contributed by atoms with Crippen LogP contribution < -0.4 is 5.32 Å². The third kappa shape index (κ3) is 3.00. The number of carbonyl (C=O) groups excluding carboxylic acids is 1. The van der Waals surface area contributed by atoms with Crippen molar-refractivity contribution in [1.29, 1.82) is 0 Å². The van der Waals surface area contributed by atoms with E-state index in [4.69, 9.17) is 9.84 Å². The maximum absolute atomic E-state index is 12.1. The monoisotopic (exact) mass is 270 g/mol. The quantitative estimate of drug-likeness (QED) is 0.707. The number of amides is 2. The van der Waals surface area contributed by atoms with E-state index in [2.05, 4.69) is 5.32 Å². The van der Waals surface area contributed by atoms with Gasteiger partial charge in [0.2, 0.25) is 0 Å². The van der Waals surface area contributed by atoms with Crippen LogP contribution in [-0.2, 0) is 9.53 Å². The number of nitrogens with one attached hydrogen (secondary N) is 1. The van der Waals surface area contributed by atoms with Gasteiger partial charge in [0.15, 0.2) is 0 Å². The second-order valence-corrected chi connectivity index (χ2v) is 5.17. The molecule has 2 aliphatic heterocycles. The number of ether oxygens (including phenoxy) is 1. The normalized spacial score (nSPS) is 28.7. The summed E-state index contributed by atoms with van der Waals surface area (Å²) < 4.78 is 5.20. The van der Waals surface area contributed by atoms with E-state index in [1.54, 1.807) is 4.90 Å². The Balaban J connectivity index is 1.79. The molecule has 2 N–H and O–H groups in total. The SMILES string of the molecule is CCOCCCNC(=O)N1C2CCC1C(C(=O)O)C2. The lowest BCUT2D eigenvalue weighted by Gasteiger charge is -2.23. The fourth-order valence-electron chi connectivity index (χ4n) is 3.18. The minimum atomic E-state index is -0.777. The van der Waals surface area contributed by atoms with Crippen molar-refractivity contribution >= 4 is 12.0 Å². The smallest absolute Gasteiger partial charge is 0.317 e. The van der Waals surface area contributed by atoms with E-state index in [1.807, 2.05) is 6.92 Å². The van der Waals surface area contributed by atoms with E-state index < -0.39 is 5.97 Å². The molecule has 2 fully saturated rings. The van der Waals surface area contributed by atoms with E-state index in [0.29, 0.717) is 26.2 Å². The number of hydrogen-bond donors (Lipinski definition) is 2. The molecule has 6 nitrogen and oxygen atoms in total. The Morgan fingerprint density at radius 3 is 2.84 bits per heavy atom. The lowest BCUT2D eigenvalue weighted by atomic mass is 9.89. The van der Waals surface area contributed by atoms with Gasteiger partial charge >= 0.3 is 12.0 Å². The molecule has 0 aromatic heterocycles. The number of carboxylic acids is 1. The molecule has 2 rings (SSSR count).